The third kappa shape index (κ3) is 1.93. The number of benzene rings is 1. The van der Waals surface area contributed by atoms with Crippen molar-refractivity contribution in [3.63, 3.8) is 0 Å². The molecule has 0 aliphatic heterocycles. The van der Waals surface area contributed by atoms with Crippen molar-refractivity contribution < 1.29 is 19.4 Å². The molecule has 0 fully saturated rings. The van der Waals surface area contributed by atoms with Gasteiger partial charge in [0.2, 0.25) is 0 Å². The zero-order chi connectivity index (χ0) is 15.0. The number of nitrogens with zero attached hydrogens (tertiary/aromatic N) is 1. The monoisotopic (exact) mass is 281 g/mol. The molecular weight excluding hydrogens is 270 g/mol. The number of rotatable bonds is 2. The van der Waals surface area contributed by atoms with Crippen molar-refractivity contribution in [1.29, 1.82) is 5.26 Å². The second-order valence-electron chi connectivity index (χ2n) is 4.85. The Kier molecular flexibility index (Phi) is 2.89. The zero-order valence-electron chi connectivity index (χ0n) is 10.9. The summed E-state index contributed by atoms with van der Waals surface area (Å²) >= 11 is 0. The summed E-state index contributed by atoms with van der Waals surface area (Å²) in [6, 6.07) is 6.69. The lowest BCUT2D eigenvalue weighted by Crippen LogP contribution is -2.38. The highest BCUT2D eigenvalue weighted by Gasteiger charge is 2.42. The Balaban J connectivity index is 2.30. The molecule has 3 rings (SSSR count). The van der Waals surface area contributed by atoms with E-state index in [0.29, 0.717) is 22.1 Å². The van der Waals surface area contributed by atoms with Gasteiger partial charge in [-0.15, -0.1) is 0 Å². The van der Waals surface area contributed by atoms with Crippen molar-refractivity contribution in [3.05, 3.63) is 59.9 Å². The number of fused-ring (bicyclic) bond motifs is 1. The van der Waals surface area contributed by atoms with Crippen molar-refractivity contribution in [2.75, 3.05) is 0 Å². The van der Waals surface area contributed by atoms with Crippen molar-refractivity contribution >= 4 is 16.9 Å². The number of hydrogen-bond donors (Lipinski definition) is 2. The van der Waals surface area contributed by atoms with Crippen LogP contribution in [-0.2, 0) is 10.4 Å². The van der Waals surface area contributed by atoms with E-state index >= 15 is 0 Å². The first-order chi connectivity index (χ1) is 10.1. The highest BCUT2D eigenvalue weighted by Crippen LogP contribution is 2.39. The van der Waals surface area contributed by atoms with Crippen LogP contribution in [0, 0.1) is 17.2 Å². The van der Waals surface area contributed by atoms with E-state index in [1.807, 2.05) is 6.07 Å². The molecule has 2 atom stereocenters. The normalized spacial score (nSPS) is 24.1. The van der Waals surface area contributed by atoms with Crippen molar-refractivity contribution in [2.45, 2.75) is 5.60 Å². The Labute approximate surface area is 120 Å². The lowest BCUT2D eigenvalue weighted by Gasteiger charge is -2.32. The largest absolute Gasteiger partial charge is 0.481 e. The second-order valence-corrected chi connectivity index (χ2v) is 4.85. The molecule has 2 N–H and O–H groups in total. The van der Waals surface area contributed by atoms with Gasteiger partial charge in [-0.25, -0.2) is 0 Å². The van der Waals surface area contributed by atoms with Gasteiger partial charge in [0.25, 0.3) is 0 Å². The summed E-state index contributed by atoms with van der Waals surface area (Å²) in [5, 5.41) is 30.0. The van der Waals surface area contributed by atoms with E-state index in [4.69, 9.17) is 9.68 Å². The van der Waals surface area contributed by atoms with Crippen LogP contribution in [0.25, 0.3) is 11.0 Å². The molecule has 0 saturated carbocycles. The average molecular weight is 281 g/mol. The first-order valence-corrected chi connectivity index (χ1v) is 6.29. The van der Waals surface area contributed by atoms with E-state index in [2.05, 4.69) is 0 Å². The summed E-state index contributed by atoms with van der Waals surface area (Å²) in [5.74, 6) is -2.27. The number of allylic oxidation sites excluding steroid dienone is 2. The SMILES string of the molecule is N#Cc1cc(C2(O)C=CC=CC2C(=O)O)c2ccoc2c1. The van der Waals surface area contributed by atoms with Crippen molar-refractivity contribution in [2.24, 2.45) is 5.92 Å². The van der Waals surface area contributed by atoms with Gasteiger partial charge in [0.15, 0.2) is 0 Å². The molecule has 2 aromatic rings. The molecule has 104 valence electrons. The Morgan fingerprint density at radius 2 is 2.19 bits per heavy atom. The Hall–Kier alpha value is -2.84. The molecule has 0 amide bonds. The Bertz CT molecular complexity index is 824. The fraction of sp³-hybridized carbons (Fsp3) is 0.125. The zero-order valence-corrected chi connectivity index (χ0v) is 10.9. The van der Waals surface area contributed by atoms with E-state index in [-0.39, 0.29) is 0 Å². The van der Waals surface area contributed by atoms with Gasteiger partial charge in [-0.3, -0.25) is 4.79 Å². The van der Waals surface area contributed by atoms with Crippen molar-refractivity contribution in [3.8, 4) is 6.07 Å². The molecule has 5 nitrogen and oxygen atoms in total. The summed E-state index contributed by atoms with van der Waals surface area (Å²) in [6.45, 7) is 0. The van der Waals surface area contributed by atoms with Crippen LogP contribution in [0.3, 0.4) is 0 Å². The lowest BCUT2D eigenvalue weighted by molar-refractivity contribution is -0.146. The standard InChI is InChI=1S/C16H11NO4/c17-9-10-7-13(11-4-6-21-14(11)8-10)16(20)5-2-1-3-12(16)15(18)19/h1-8,12,20H,(H,18,19). The molecule has 1 aromatic heterocycles. The van der Waals surface area contributed by atoms with Gasteiger partial charge < -0.3 is 14.6 Å². The summed E-state index contributed by atoms with van der Waals surface area (Å²) in [6.07, 6.45) is 7.46. The van der Waals surface area contributed by atoms with E-state index in [9.17, 15) is 15.0 Å². The number of hydrogen-bond acceptors (Lipinski definition) is 4. The van der Waals surface area contributed by atoms with Crippen molar-refractivity contribution in [1.82, 2.24) is 0 Å². The molecule has 0 saturated heterocycles. The molecule has 1 aliphatic carbocycles. The van der Waals surface area contributed by atoms with Crippen LogP contribution >= 0.6 is 0 Å². The van der Waals surface area contributed by atoms with E-state index < -0.39 is 17.5 Å². The fourth-order valence-electron chi connectivity index (χ4n) is 2.62. The predicted molar refractivity (Wildman–Crippen MR) is 74.2 cm³/mol. The summed E-state index contributed by atoms with van der Waals surface area (Å²) in [4.78, 5) is 11.4. The minimum absolute atomic E-state index is 0.299. The van der Waals surface area contributed by atoms with Crippen LogP contribution in [0.1, 0.15) is 11.1 Å². The molecule has 21 heavy (non-hydrogen) atoms. The molecule has 1 aromatic carbocycles. The maximum absolute atomic E-state index is 11.4. The number of carbonyl (C=O) groups is 1. The maximum atomic E-state index is 11.4. The highest BCUT2D eigenvalue weighted by atomic mass is 16.4. The molecule has 1 heterocycles. The number of carboxylic acid groups (broad SMARTS) is 1. The molecule has 1 aliphatic rings. The summed E-state index contributed by atoms with van der Waals surface area (Å²) in [5.41, 5.74) is -0.647. The Morgan fingerprint density at radius 3 is 2.90 bits per heavy atom. The van der Waals surface area contributed by atoms with Gasteiger partial charge in [-0.2, -0.15) is 5.26 Å². The van der Waals surface area contributed by atoms with E-state index in [0.717, 1.165) is 0 Å². The molecule has 0 bridgehead atoms. The quantitative estimate of drug-likeness (QED) is 0.880. The van der Waals surface area contributed by atoms with Crippen LogP contribution in [0.15, 0.2) is 53.2 Å². The first-order valence-electron chi connectivity index (χ1n) is 6.29. The van der Waals surface area contributed by atoms with E-state index in [1.54, 1.807) is 24.3 Å². The minimum atomic E-state index is -1.73. The van der Waals surface area contributed by atoms with Gasteiger partial charge in [0.1, 0.15) is 17.1 Å². The van der Waals surface area contributed by atoms with Gasteiger partial charge in [-0.1, -0.05) is 18.2 Å². The predicted octanol–water partition coefficient (Wildman–Crippen LogP) is 2.32. The highest BCUT2D eigenvalue weighted by molar-refractivity contribution is 5.86. The number of aliphatic carboxylic acids is 1. The maximum Gasteiger partial charge on any atom is 0.314 e. The number of carboxylic acids is 1. The van der Waals surface area contributed by atoms with Gasteiger partial charge >= 0.3 is 5.97 Å². The second kappa shape index (κ2) is 4.62. The van der Waals surface area contributed by atoms with Crippen LogP contribution in [-0.4, -0.2) is 16.2 Å². The summed E-state index contributed by atoms with van der Waals surface area (Å²) in [7, 11) is 0. The first kappa shape index (κ1) is 13.2. The Morgan fingerprint density at radius 1 is 1.38 bits per heavy atom. The van der Waals surface area contributed by atoms with Crippen LogP contribution < -0.4 is 0 Å². The third-order valence-electron chi connectivity index (χ3n) is 3.64. The average Bonchev–Trinajstić information content (AvgIpc) is 2.94. The van der Waals surface area contributed by atoms with E-state index in [1.165, 1.54) is 24.5 Å². The molecule has 2 unspecified atom stereocenters. The fourth-order valence-corrected chi connectivity index (χ4v) is 2.62. The molecule has 5 heteroatoms. The topological polar surface area (TPSA) is 94.5 Å². The number of furan rings is 1. The van der Waals surface area contributed by atoms with Gasteiger partial charge in [0, 0.05) is 10.9 Å². The van der Waals surface area contributed by atoms with Gasteiger partial charge in [0.05, 0.1) is 17.9 Å². The molecule has 0 spiro atoms. The number of aliphatic hydroxyl groups is 1. The molecule has 0 radical (unpaired) electrons. The number of nitriles is 1. The van der Waals surface area contributed by atoms with Crippen LogP contribution in [0.4, 0.5) is 0 Å². The summed E-state index contributed by atoms with van der Waals surface area (Å²) < 4.78 is 5.28. The minimum Gasteiger partial charge on any atom is -0.481 e. The van der Waals surface area contributed by atoms with Crippen LogP contribution in [0.5, 0.6) is 0 Å². The smallest absolute Gasteiger partial charge is 0.314 e. The van der Waals surface area contributed by atoms with Crippen LogP contribution in [0.2, 0.25) is 0 Å². The third-order valence-corrected chi connectivity index (χ3v) is 3.64. The molecular formula is C16H11NO4. The van der Waals surface area contributed by atoms with Gasteiger partial charge in [-0.05, 0) is 24.3 Å². The lowest BCUT2D eigenvalue weighted by atomic mass is 9.77.